The SMILES string of the molecule is O=C(c1cn2c(n1)CCCC2)N1CCc2c(Cl)cc(Cl)cc2C1. The summed E-state index contributed by atoms with van der Waals surface area (Å²) in [5.74, 6) is 1.02. The van der Waals surface area contributed by atoms with Crippen LogP contribution in [-0.4, -0.2) is 26.9 Å². The highest BCUT2D eigenvalue weighted by atomic mass is 35.5. The van der Waals surface area contributed by atoms with Gasteiger partial charge in [0.1, 0.15) is 11.5 Å². The Morgan fingerprint density at radius 1 is 1.13 bits per heavy atom. The normalized spacial score (nSPS) is 16.9. The highest BCUT2D eigenvalue weighted by Gasteiger charge is 2.26. The van der Waals surface area contributed by atoms with Crippen LogP contribution in [0, 0.1) is 0 Å². The van der Waals surface area contributed by atoms with E-state index in [4.69, 9.17) is 23.2 Å². The second-order valence-corrected chi connectivity index (χ2v) is 7.04. The minimum atomic E-state index is -0.00588. The van der Waals surface area contributed by atoms with Gasteiger partial charge in [-0.2, -0.15) is 0 Å². The van der Waals surface area contributed by atoms with E-state index in [0.29, 0.717) is 28.8 Å². The molecule has 1 aromatic carbocycles. The van der Waals surface area contributed by atoms with E-state index in [1.807, 2.05) is 17.2 Å². The van der Waals surface area contributed by atoms with Crippen molar-refractivity contribution in [2.24, 2.45) is 0 Å². The van der Waals surface area contributed by atoms with E-state index < -0.39 is 0 Å². The van der Waals surface area contributed by atoms with Crippen molar-refractivity contribution in [2.75, 3.05) is 6.54 Å². The second kappa shape index (κ2) is 5.84. The van der Waals surface area contributed by atoms with Crippen molar-refractivity contribution in [2.45, 2.75) is 38.8 Å². The number of hydrogen-bond donors (Lipinski definition) is 0. The van der Waals surface area contributed by atoms with Crippen molar-refractivity contribution in [1.29, 1.82) is 0 Å². The third-order valence-electron chi connectivity index (χ3n) is 4.66. The molecule has 0 aliphatic carbocycles. The summed E-state index contributed by atoms with van der Waals surface area (Å²) in [6, 6.07) is 3.67. The number of fused-ring (bicyclic) bond motifs is 2. The lowest BCUT2D eigenvalue weighted by Gasteiger charge is -2.29. The second-order valence-electron chi connectivity index (χ2n) is 6.19. The van der Waals surface area contributed by atoms with Crippen molar-refractivity contribution in [3.63, 3.8) is 0 Å². The van der Waals surface area contributed by atoms with Gasteiger partial charge in [0.25, 0.3) is 5.91 Å². The number of carbonyl (C=O) groups is 1. The topological polar surface area (TPSA) is 38.1 Å². The summed E-state index contributed by atoms with van der Waals surface area (Å²) >= 11 is 12.3. The van der Waals surface area contributed by atoms with Crippen molar-refractivity contribution < 1.29 is 4.79 Å². The molecule has 1 amide bonds. The van der Waals surface area contributed by atoms with E-state index in [1.165, 1.54) is 0 Å². The number of aryl methyl sites for hydroxylation is 2. The van der Waals surface area contributed by atoms with Gasteiger partial charge in [-0.25, -0.2) is 4.98 Å². The zero-order valence-electron chi connectivity index (χ0n) is 12.7. The lowest BCUT2D eigenvalue weighted by Crippen LogP contribution is -2.36. The molecule has 6 heteroatoms. The molecule has 2 aliphatic heterocycles. The summed E-state index contributed by atoms with van der Waals surface area (Å²) in [4.78, 5) is 19.2. The van der Waals surface area contributed by atoms with Crippen LogP contribution in [0.4, 0.5) is 0 Å². The van der Waals surface area contributed by atoms with Gasteiger partial charge in [0.05, 0.1) is 0 Å². The predicted octanol–water partition coefficient (Wildman–Crippen LogP) is 3.72. The number of amides is 1. The largest absolute Gasteiger partial charge is 0.334 e. The number of aromatic nitrogens is 2. The quantitative estimate of drug-likeness (QED) is 0.786. The molecule has 0 bridgehead atoms. The summed E-state index contributed by atoms with van der Waals surface area (Å²) in [6.45, 7) is 2.16. The highest BCUT2D eigenvalue weighted by molar-refractivity contribution is 6.35. The average molecular weight is 350 g/mol. The Morgan fingerprint density at radius 3 is 2.83 bits per heavy atom. The molecule has 2 aliphatic rings. The molecule has 0 unspecified atom stereocenters. The maximum absolute atomic E-state index is 12.8. The van der Waals surface area contributed by atoms with Crippen LogP contribution in [0.5, 0.6) is 0 Å². The Hall–Kier alpha value is -1.52. The summed E-state index contributed by atoms with van der Waals surface area (Å²) in [6.07, 6.45) is 5.92. The average Bonchev–Trinajstić information content (AvgIpc) is 2.97. The number of halogens is 2. The third kappa shape index (κ3) is 2.74. The monoisotopic (exact) mass is 349 g/mol. The molecule has 2 aromatic rings. The van der Waals surface area contributed by atoms with Crippen molar-refractivity contribution >= 4 is 29.1 Å². The number of hydrogen-bond acceptors (Lipinski definition) is 2. The fourth-order valence-electron chi connectivity index (χ4n) is 3.46. The zero-order valence-corrected chi connectivity index (χ0v) is 14.2. The Labute approximate surface area is 145 Å². The third-order valence-corrected chi connectivity index (χ3v) is 5.22. The zero-order chi connectivity index (χ0) is 16.0. The molecule has 3 heterocycles. The van der Waals surface area contributed by atoms with Crippen LogP contribution in [0.2, 0.25) is 10.0 Å². The van der Waals surface area contributed by atoms with Crippen molar-refractivity contribution in [3.05, 3.63) is 51.0 Å². The predicted molar refractivity (Wildman–Crippen MR) is 90.1 cm³/mol. The van der Waals surface area contributed by atoms with E-state index in [0.717, 1.165) is 49.2 Å². The van der Waals surface area contributed by atoms with Crippen molar-refractivity contribution in [3.8, 4) is 0 Å². The first kappa shape index (κ1) is 15.0. The molecular weight excluding hydrogens is 333 g/mol. The molecular formula is C17H17Cl2N3O. The van der Waals surface area contributed by atoms with E-state index >= 15 is 0 Å². The Bertz CT molecular complexity index is 761. The van der Waals surface area contributed by atoms with Gasteiger partial charge in [-0.15, -0.1) is 0 Å². The van der Waals surface area contributed by atoms with Gasteiger partial charge in [0, 0.05) is 42.3 Å². The van der Waals surface area contributed by atoms with Crippen LogP contribution >= 0.6 is 23.2 Å². The minimum Gasteiger partial charge on any atom is -0.334 e. The fourth-order valence-corrected chi connectivity index (χ4v) is 4.09. The molecule has 0 fully saturated rings. The summed E-state index contributed by atoms with van der Waals surface area (Å²) in [5.41, 5.74) is 2.69. The molecule has 1 aromatic heterocycles. The molecule has 120 valence electrons. The molecule has 23 heavy (non-hydrogen) atoms. The highest BCUT2D eigenvalue weighted by Crippen LogP contribution is 2.30. The number of benzene rings is 1. The van der Waals surface area contributed by atoms with Gasteiger partial charge in [0.15, 0.2) is 0 Å². The van der Waals surface area contributed by atoms with Gasteiger partial charge >= 0.3 is 0 Å². The fraction of sp³-hybridized carbons (Fsp3) is 0.412. The first-order valence-corrected chi connectivity index (χ1v) is 8.69. The Morgan fingerprint density at radius 2 is 2.00 bits per heavy atom. The Balaban J connectivity index is 1.59. The smallest absolute Gasteiger partial charge is 0.274 e. The number of rotatable bonds is 1. The van der Waals surface area contributed by atoms with E-state index in [-0.39, 0.29) is 5.91 Å². The van der Waals surface area contributed by atoms with E-state index in [9.17, 15) is 4.79 Å². The molecule has 0 saturated carbocycles. The van der Waals surface area contributed by atoms with Crippen LogP contribution in [0.1, 0.15) is 40.3 Å². The molecule has 0 radical (unpaired) electrons. The standard InChI is InChI=1S/C17H17Cl2N3O/c18-12-7-11-9-22(6-4-13(11)14(19)8-12)17(23)15-10-21-5-2-1-3-16(21)20-15/h7-8,10H,1-6,9H2. The molecule has 4 nitrogen and oxygen atoms in total. The lowest BCUT2D eigenvalue weighted by molar-refractivity contribution is 0.0729. The van der Waals surface area contributed by atoms with Gasteiger partial charge in [0.2, 0.25) is 0 Å². The molecule has 0 atom stereocenters. The van der Waals surface area contributed by atoms with E-state index in [1.54, 1.807) is 6.07 Å². The van der Waals surface area contributed by atoms with Crippen LogP contribution in [0.15, 0.2) is 18.3 Å². The lowest BCUT2D eigenvalue weighted by atomic mass is 9.99. The molecule has 0 spiro atoms. The minimum absolute atomic E-state index is 0.00588. The summed E-state index contributed by atoms with van der Waals surface area (Å²) in [5, 5.41) is 1.30. The van der Waals surface area contributed by atoms with Gasteiger partial charge in [-0.3, -0.25) is 4.79 Å². The van der Waals surface area contributed by atoms with E-state index in [2.05, 4.69) is 9.55 Å². The van der Waals surface area contributed by atoms with Gasteiger partial charge in [-0.05, 0) is 42.5 Å². The number of imidazole rings is 1. The van der Waals surface area contributed by atoms with Crippen molar-refractivity contribution in [1.82, 2.24) is 14.5 Å². The summed E-state index contributed by atoms with van der Waals surface area (Å²) < 4.78 is 2.11. The van der Waals surface area contributed by atoms with Gasteiger partial charge in [-0.1, -0.05) is 23.2 Å². The number of carbonyl (C=O) groups excluding carboxylic acids is 1. The molecule has 0 N–H and O–H groups in total. The van der Waals surface area contributed by atoms with Crippen LogP contribution < -0.4 is 0 Å². The molecule has 0 saturated heterocycles. The van der Waals surface area contributed by atoms with Gasteiger partial charge < -0.3 is 9.47 Å². The first-order valence-electron chi connectivity index (χ1n) is 7.94. The molecule has 4 rings (SSSR count). The summed E-state index contributed by atoms with van der Waals surface area (Å²) in [7, 11) is 0. The van der Waals surface area contributed by atoms with Crippen LogP contribution in [0.3, 0.4) is 0 Å². The van der Waals surface area contributed by atoms with Crippen LogP contribution in [0.25, 0.3) is 0 Å². The number of nitrogens with zero attached hydrogens (tertiary/aromatic N) is 3. The van der Waals surface area contributed by atoms with Crippen LogP contribution in [-0.2, 0) is 25.9 Å². The maximum Gasteiger partial charge on any atom is 0.274 e. The Kier molecular flexibility index (Phi) is 3.82. The first-order chi connectivity index (χ1) is 11.1. The maximum atomic E-state index is 12.8.